The van der Waals surface area contributed by atoms with Crippen molar-refractivity contribution in [3.8, 4) is 11.5 Å². The standard InChI is InChI=1S/C12H15NO3S/c1-4-15-10-7-5-6-9(8-14)11(10)16-12(17)13(2)3/h5-8H,4H2,1-3H3. The Bertz CT molecular complexity index is 418. The van der Waals surface area contributed by atoms with Crippen LogP contribution in [0.2, 0.25) is 0 Å². The van der Waals surface area contributed by atoms with Crippen LogP contribution in [0, 0.1) is 0 Å². The summed E-state index contributed by atoms with van der Waals surface area (Å²) in [6.07, 6.45) is 0.718. The number of aldehydes is 1. The third-order valence-corrected chi connectivity index (χ3v) is 2.44. The van der Waals surface area contributed by atoms with Gasteiger partial charge in [0.15, 0.2) is 17.8 Å². The molecule has 0 radical (unpaired) electrons. The quantitative estimate of drug-likeness (QED) is 0.607. The molecule has 0 aliphatic heterocycles. The van der Waals surface area contributed by atoms with Crippen LogP contribution in [0.3, 0.4) is 0 Å². The van der Waals surface area contributed by atoms with Crippen LogP contribution >= 0.6 is 12.2 Å². The van der Waals surface area contributed by atoms with Crippen molar-refractivity contribution >= 4 is 23.7 Å². The molecule has 0 N–H and O–H groups in total. The van der Waals surface area contributed by atoms with Crippen LogP contribution in [-0.4, -0.2) is 37.1 Å². The molecule has 0 spiro atoms. The van der Waals surface area contributed by atoms with Gasteiger partial charge in [0.05, 0.1) is 12.2 Å². The molecule has 92 valence electrons. The highest BCUT2D eigenvalue weighted by molar-refractivity contribution is 7.80. The van der Waals surface area contributed by atoms with Crippen LogP contribution < -0.4 is 9.47 Å². The summed E-state index contributed by atoms with van der Waals surface area (Å²) < 4.78 is 10.9. The van der Waals surface area contributed by atoms with Gasteiger partial charge in [-0.25, -0.2) is 0 Å². The topological polar surface area (TPSA) is 38.8 Å². The molecule has 0 unspecified atom stereocenters. The van der Waals surface area contributed by atoms with Crippen molar-refractivity contribution in [3.63, 3.8) is 0 Å². The third kappa shape index (κ3) is 3.42. The van der Waals surface area contributed by atoms with Crippen molar-refractivity contribution in [3.05, 3.63) is 23.8 Å². The van der Waals surface area contributed by atoms with Crippen LogP contribution in [0.1, 0.15) is 17.3 Å². The number of benzene rings is 1. The van der Waals surface area contributed by atoms with E-state index in [0.717, 1.165) is 6.29 Å². The van der Waals surface area contributed by atoms with Crippen LogP contribution in [0.25, 0.3) is 0 Å². The first kappa shape index (κ1) is 13.4. The Labute approximate surface area is 106 Å². The summed E-state index contributed by atoms with van der Waals surface area (Å²) in [6, 6.07) is 5.13. The monoisotopic (exact) mass is 253 g/mol. The fourth-order valence-electron chi connectivity index (χ4n) is 1.18. The molecule has 0 saturated carbocycles. The number of para-hydroxylation sites is 1. The zero-order valence-electron chi connectivity index (χ0n) is 10.1. The lowest BCUT2D eigenvalue weighted by Crippen LogP contribution is -2.25. The number of hydrogen-bond acceptors (Lipinski definition) is 4. The van der Waals surface area contributed by atoms with Crippen LogP contribution in [0.15, 0.2) is 18.2 Å². The molecular formula is C12H15NO3S. The van der Waals surface area contributed by atoms with Crippen molar-refractivity contribution in [2.24, 2.45) is 0 Å². The zero-order valence-corrected chi connectivity index (χ0v) is 10.9. The van der Waals surface area contributed by atoms with Gasteiger partial charge >= 0.3 is 0 Å². The van der Waals surface area contributed by atoms with Gasteiger partial charge in [-0.15, -0.1) is 0 Å². The van der Waals surface area contributed by atoms with Crippen LogP contribution in [0.5, 0.6) is 11.5 Å². The minimum atomic E-state index is 0.278. The SMILES string of the molecule is CCOc1cccc(C=O)c1OC(=S)N(C)C. The number of carbonyl (C=O) groups is 1. The summed E-state index contributed by atoms with van der Waals surface area (Å²) in [6.45, 7) is 2.36. The largest absolute Gasteiger partial charge is 0.490 e. The second kappa shape index (κ2) is 6.20. The van der Waals surface area contributed by atoms with Gasteiger partial charge in [-0.1, -0.05) is 6.07 Å². The highest BCUT2D eigenvalue weighted by atomic mass is 32.1. The van der Waals surface area contributed by atoms with Gasteiger partial charge in [-0.3, -0.25) is 4.79 Å². The Morgan fingerprint density at radius 3 is 2.71 bits per heavy atom. The Morgan fingerprint density at radius 2 is 2.18 bits per heavy atom. The lowest BCUT2D eigenvalue weighted by molar-refractivity contribution is 0.112. The highest BCUT2D eigenvalue weighted by Gasteiger charge is 2.13. The van der Waals surface area contributed by atoms with Gasteiger partial charge in [0.2, 0.25) is 0 Å². The van der Waals surface area contributed by atoms with E-state index in [4.69, 9.17) is 21.7 Å². The van der Waals surface area contributed by atoms with Crippen LogP contribution in [0.4, 0.5) is 0 Å². The van der Waals surface area contributed by atoms with Crippen molar-refractivity contribution in [2.45, 2.75) is 6.92 Å². The predicted octanol–water partition coefficient (Wildman–Crippen LogP) is 2.12. The average molecular weight is 253 g/mol. The molecule has 1 aromatic rings. The molecule has 0 fully saturated rings. The summed E-state index contributed by atoms with van der Waals surface area (Å²) in [5, 5.41) is 0.278. The van der Waals surface area contributed by atoms with Crippen molar-refractivity contribution in [1.29, 1.82) is 0 Å². The van der Waals surface area contributed by atoms with Gasteiger partial charge in [-0.05, 0) is 31.3 Å². The second-order valence-electron chi connectivity index (χ2n) is 3.49. The highest BCUT2D eigenvalue weighted by Crippen LogP contribution is 2.30. The number of rotatable bonds is 4. The second-order valence-corrected chi connectivity index (χ2v) is 3.84. The Kier molecular flexibility index (Phi) is 4.90. The number of ether oxygens (including phenoxy) is 2. The number of hydrogen-bond donors (Lipinski definition) is 0. The minimum absolute atomic E-state index is 0.278. The molecule has 5 heteroatoms. The Hall–Kier alpha value is -1.62. The molecule has 0 bridgehead atoms. The molecule has 4 nitrogen and oxygen atoms in total. The first-order valence-electron chi connectivity index (χ1n) is 5.20. The van der Waals surface area contributed by atoms with Gasteiger partial charge in [-0.2, -0.15) is 0 Å². The predicted molar refractivity (Wildman–Crippen MR) is 69.9 cm³/mol. The van der Waals surface area contributed by atoms with Crippen molar-refractivity contribution in [2.75, 3.05) is 20.7 Å². The van der Waals surface area contributed by atoms with Gasteiger partial charge < -0.3 is 14.4 Å². The van der Waals surface area contributed by atoms with Gasteiger partial charge in [0, 0.05) is 14.1 Å². The molecule has 0 saturated heterocycles. The summed E-state index contributed by atoms with van der Waals surface area (Å²) in [7, 11) is 3.54. The molecule has 0 aromatic heterocycles. The third-order valence-electron chi connectivity index (χ3n) is 1.99. The van der Waals surface area contributed by atoms with E-state index in [1.807, 2.05) is 6.92 Å². The molecule has 1 rings (SSSR count). The first-order chi connectivity index (χ1) is 8.10. The maximum absolute atomic E-state index is 10.9. The van der Waals surface area contributed by atoms with E-state index in [1.165, 1.54) is 0 Å². The molecule has 17 heavy (non-hydrogen) atoms. The van der Waals surface area contributed by atoms with Gasteiger partial charge in [0.1, 0.15) is 0 Å². The molecular weight excluding hydrogens is 238 g/mol. The minimum Gasteiger partial charge on any atom is -0.490 e. The fraction of sp³-hybridized carbons (Fsp3) is 0.333. The summed E-state index contributed by atoms with van der Waals surface area (Å²) in [5.74, 6) is 0.879. The van der Waals surface area contributed by atoms with Crippen molar-refractivity contribution in [1.82, 2.24) is 4.90 Å². The van der Waals surface area contributed by atoms with Crippen LogP contribution in [-0.2, 0) is 0 Å². The number of carbonyl (C=O) groups excluding carboxylic acids is 1. The molecule has 0 aliphatic rings. The molecule has 0 atom stereocenters. The van der Waals surface area contributed by atoms with E-state index in [2.05, 4.69) is 0 Å². The summed E-state index contributed by atoms with van der Waals surface area (Å²) in [5.41, 5.74) is 0.417. The Balaban J connectivity index is 3.08. The summed E-state index contributed by atoms with van der Waals surface area (Å²) in [4.78, 5) is 12.6. The lowest BCUT2D eigenvalue weighted by atomic mass is 10.2. The molecule has 0 aliphatic carbocycles. The zero-order chi connectivity index (χ0) is 12.8. The molecule has 0 amide bonds. The fourth-order valence-corrected chi connectivity index (χ4v) is 1.27. The van der Waals surface area contributed by atoms with Crippen molar-refractivity contribution < 1.29 is 14.3 Å². The normalized spacial score (nSPS) is 9.59. The summed E-state index contributed by atoms with van der Waals surface area (Å²) >= 11 is 5.04. The number of thiocarbonyl (C=S) groups is 1. The lowest BCUT2D eigenvalue weighted by Gasteiger charge is -2.17. The molecule has 1 aromatic carbocycles. The van der Waals surface area contributed by atoms with E-state index in [-0.39, 0.29) is 5.17 Å². The average Bonchev–Trinajstić information content (AvgIpc) is 2.31. The Morgan fingerprint density at radius 1 is 1.47 bits per heavy atom. The molecule has 0 heterocycles. The van der Waals surface area contributed by atoms with E-state index < -0.39 is 0 Å². The van der Waals surface area contributed by atoms with E-state index in [0.29, 0.717) is 23.7 Å². The number of nitrogens with zero attached hydrogens (tertiary/aromatic N) is 1. The maximum atomic E-state index is 10.9. The smallest absolute Gasteiger partial charge is 0.264 e. The van der Waals surface area contributed by atoms with E-state index in [1.54, 1.807) is 37.2 Å². The van der Waals surface area contributed by atoms with E-state index in [9.17, 15) is 4.79 Å². The van der Waals surface area contributed by atoms with E-state index >= 15 is 0 Å². The first-order valence-corrected chi connectivity index (χ1v) is 5.61. The maximum Gasteiger partial charge on any atom is 0.264 e. The van der Waals surface area contributed by atoms with Gasteiger partial charge in [0.25, 0.3) is 5.17 Å².